The molecule has 4 rings (SSSR count). The van der Waals surface area contributed by atoms with E-state index in [0.29, 0.717) is 23.3 Å². The van der Waals surface area contributed by atoms with E-state index in [1.54, 1.807) is 12.1 Å². The summed E-state index contributed by atoms with van der Waals surface area (Å²) < 4.78 is 41.6. The van der Waals surface area contributed by atoms with Gasteiger partial charge in [0.15, 0.2) is 5.65 Å². The smallest absolute Gasteiger partial charge is 0.350 e. The fraction of sp³-hybridized carbons (Fsp3) is 0.217. The summed E-state index contributed by atoms with van der Waals surface area (Å²) in [5, 5.41) is 7.21. The van der Waals surface area contributed by atoms with Crippen LogP contribution in [0.2, 0.25) is 0 Å². The third-order valence-corrected chi connectivity index (χ3v) is 5.15. The molecule has 2 aromatic carbocycles. The number of amides is 1. The molecule has 0 radical (unpaired) electrons. The summed E-state index contributed by atoms with van der Waals surface area (Å²) in [6.45, 7) is 2.46. The highest BCUT2D eigenvalue weighted by Gasteiger charge is 2.30. The molecule has 1 N–H and O–H groups in total. The van der Waals surface area contributed by atoms with Gasteiger partial charge in [0, 0.05) is 12.1 Å². The van der Waals surface area contributed by atoms with Gasteiger partial charge < -0.3 is 5.32 Å². The molecular formula is C23H20F3N5O2. The van der Waals surface area contributed by atoms with Gasteiger partial charge in [0.25, 0.3) is 11.5 Å². The van der Waals surface area contributed by atoms with Crippen LogP contribution >= 0.6 is 0 Å². The van der Waals surface area contributed by atoms with Gasteiger partial charge >= 0.3 is 6.18 Å². The Morgan fingerprint density at radius 3 is 2.61 bits per heavy atom. The van der Waals surface area contributed by atoms with Crippen molar-refractivity contribution in [1.82, 2.24) is 24.6 Å². The standard InChI is InChI=1S/C23H20F3N5O2/c1-15-5-7-17(8-6-15)21(32)27-9-10-31-20-19(12-29-31)22(33)30(14-28-20)13-16-3-2-4-18(11-16)23(24,25)26/h2-8,11-12,14H,9-10,13H2,1H3,(H,27,32). The Balaban J connectivity index is 1.46. The van der Waals surface area contributed by atoms with Crippen LogP contribution in [0.1, 0.15) is 27.0 Å². The van der Waals surface area contributed by atoms with Crippen LogP contribution in [0.25, 0.3) is 11.0 Å². The first kappa shape index (κ1) is 22.3. The highest BCUT2D eigenvalue weighted by molar-refractivity contribution is 5.94. The summed E-state index contributed by atoms with van der Waals surface area (Å²) in [6, 6.07) is 12.0. The molecule has 0 aliphatic heterocycles. The van der Waals surface area contributed by atoms with Gasteiger partial charge in [-0.2, -0.15) is 18.3 Å². The highest BCUT2D eigenvalue weighted by atomic mass is 19.4. The summed E-state index contributed by atoms with van der Waals surface area (Å²) in [4.78, 5) is 29.3. The number of rotatable bonds is 6. The van der Waals surface area contributed by atoms with Crippen LogP contribution in [-0.2, 0) is 19.3 Å². The zero-order valence-electron chi connectivity index (χ0n) is 17.6. The fourth-order valence-electron chi connectivity index (χ4n) is 3.40. The average molecular weight is 455 g/mol. The van der Waals surface area contributed by atoms with E-state index < -0.39 is 17.3 Å². The zero-order valence-corrected chi connectivity index (χ0v) is 17.6. The van der Waals surface area contributed by atoms with Crippen molar-refractivity contribution in [3.8, 4) is 0 Å². The molecule has 2 heterocycles. The second kappa shape index (κ2) is 8.89. The number of hydrogen-bond donors (Lipinski definition) is 1. The van der Waals surface area contributed by atoms with Gasteiger partial charge in [-0.3, -0.25) is 14.2 Å². The molecule has 0 saturated heterocycles. The number of aromatic nitrogens is 4. The van der Waals surface area contributed by atoms with Gasteiger partial charge in [0.05, 0.1) is 24.8 Å². The number of alkyl halides is 3. The number of halogens is 3. The van der Waals surface area contributed by atoms with Crippen molar-refractivity contribution in [2.24, 2.45) is 0 Å². The van der Waals surface area contributed by atoms with E-state index in [1.807, 2.05) is 19.1 Å². The number of carbonyl (C=O) groups is 1. The summed E-state index contributed by atoms with van der Waals surface area (Å²) >= 11 is 0. The third kappa shape index (κ3) is 4.94. The lowest BCUT2D eigenvalue weighted by Gasteiger charge is -2.10. The molecule has 0 atom stereocenters. The largest absolute Gasteiger partial charge is 0.416 e. The van der Waals surface area contributed by atoms with Crippen LogP contribution in [0.15, 0.2) is 65.8 Å². The minimum Gasteiger partial charge on any atom is -0.350 e. The minimum atomic E-state index is -4.46. The molecule has 0 aliphatic rings. The van der Waals surface area contributed by atoms with Gasteiger partial charge in [-0.25, -0.2) is 9.67 Å². The van der Waals surface area contributed by atoms with Gasteiger partial charge in [0.1, 0.15) is 11.7 Å². The first-order chi connectivity index (χ1) is 15.7. The number of nitrogens with one attached hydrogen (secondary N) is 1. The van der Waals surface area contributed by atoms with Gasteiger partial charge in [0.2, 0.25) is 0 Å². The van der Waals surface area contributed by atoms with Gasteiger partial charge in [-0.1, -0.05) is 29.8 Å². The first-order valence-corrected chi connectivity index (χ1v) is 10.1. The zero-order chi connectivity index (χ0) is 23.6. The van der Waals surface area contributed by atoms with E-state index in [4.69, 9.17) is 0 Å². The van der Waals surface area contributed by atoms with Crippen molar-refractivity contribution in [2.75, 3.05) is 6.54 Å². The van der Waals surface area contributed by atoms with Crippen LogP contribution < -0.4 is 10.9 Å². The number of nitrogens with zero attached hydrogens (tertiary/aromatic N) is 4. The maximum atomic E-state index is 12.9. The Labute approximate surface area is 186 Å². The molecule has 10 heteroatoms. The lowest BCUT2D eigenvalue weighted by Crippen LogP contribution is -2.27. The van der Waals surface area contributed by atoms with Crippen molar-refractivity contribution in [3.63, 3.8) is 0 Å². The van der Waals surface area contributed by atoms with Gasteiger partial charge in [-0.05, 0) is 36.8 Å². The molecule has 0 saturated carbocycles. The van der Waals surface area contributed by atoms with E-state index in [1.165, 1.54) is 33.9 Å². The Morgan fingerprint density at radius 1 is 1.12 bits per heavy atom. The molecule has 0 bridgehead atoms. The van der Waals surface area contributed by atoms with Crippen molar-refractivity contribution < 1.29 is 18.0 Å². The normalized spacial score (nSPS) is 11.6. The van der Waals surface area contributed by atoms with Crippen molar-refractivity contribution >= 4 is 16.9 Å². The highest BCUT2D eigenvalue weighted by Crippen LogP contribution is 2.29. The molecule has 170 valence electrons. The quantitative estimate of drug-likeness (QED) is 0.483. The maximum Gasteiger partial charge on any atom is 0.416 e. The van der Waals surface area contributed by atoms with Crippen LogP contribution in [0.5, 0.6) is 0 Å². The van der Waals surface area contributed by atoms with Crippen LogP contribution in [0.3, 0.4) is 0 Å². The molecule has 0 unspecified atom stereocenters. The molecule has 1 amide bonds. The van der Waals surface area contributed by atoms with Crippen LogP contribution in [0.4, 0.5) is 13.2 Å². The Hall–Kier alpha value is -3.95. The molecule has 2 aromatic heterocycles. The molecule has 33 heavy (non-hydrogen) atoms. The number of carbonyl (C=O) groups excluding carboxylic acids is 1. The fourth-order valence-corrected chi connectivity index (χ4v) is 3.40. The van der Waals surface area contributed by atoms with E-state index >= 15 is 0 Å². The van der Waals surface area contributed by atoms with Crippen molar-refractivity contribution in [1.29, 1.82) is 0 Å². The second-order valence-corrected chi connectivity index (χ2v) is 7.60. The molecule has 0 fully saturated rings. The van der Waals surface area contributed by atoms with Crippen molar-refractivity contribution in [3.05, 3.63) is 93.7 Å². The minimum absolute atomic E-state index is 0.0521. The predicted molar refractivity (Wildman–Crippen MR) is 116 cm³/mol. The molecule has 0 spiro atoms. The maximum absolute atomic E-state index is 12.9. The molecule has 4 aromatic rings. The van der Waals surface area contributed by atoms with E-state index in [0.717, 1.165) is 17.7 Å². The number of aryl methyl sites for hydroxylation is 1. The Morgan fingerprint density at radius 2 is 1.88 bits per heavy atom. The molecular weight excluding hydrogens is 435 g/mol. The average Bonchev–Trinajstić information content (AvgIpc) is 3.19. The van der Waals surface area contributed by atoms with E-state index in [-0.39, 0.29) is 24.4 Å². The van der Waals surface area contributed by atoms with Crippen molar-refractivity contribution in [2.45, 2.75) is 26.2 Å². The van der Waals surface area contributed by atoms with E-state index in [9.17, 15) is 22.8 Å². The first-order valence-electron chi connectivity index (χ1n) is 10.1. The molecule has 7 nitrogen and oxygen atoms in total. The van der Waals surface area contributed by atoms with E-state index in [2.05, 4.69) is 15.4 Å². The SMILES string of the molecule is Cc1ccc(C(=O)NCCn2ncc3c(=O)n(Cc4cccc(C(F)(F)F)c4)cnc32)cc1. The summed E-state index contributed by atoms with van der Waals surface area (Å²) in [5.74, 6) is -0.220. The van der Waals surface area contributed by atoms with Crippen LogP contribution in [0, 0.1) is 6.92 Å². The predicted octanol–water partition coefficient (Wildman–Crippen LogP) is 3.40. The Bertz CT molecular complexity index is 1360. The lowest BCUT2D eigenvalue weighted by atomic mass is 10.1. The number of fused-ring (bicyclic) bond motifs is 1. The topological polar surface area (TPSA) is 81.8 Å². The monoisotopic (exact) mass is 455 g/mol. The van der Waals surface area contributed by atoms with Gasteiger partial charge in [-0.15, -0.1) is 0 Å². The number of hydrogen-bond acceptors (Lipinski definition) is 4. The lowest BCUT2D eigenvalue weighted by molar-refractivity contribution is -0.137. The number of benzene rings is 2. The summed E-state index contributed by atoms with van der Waals surface area (Å²) in [6.07, 6.45) is -1.80. The van der Waals surface area contributed by atoms with Crippen LogP contribution in [-0.4, -0.2) is 31.8 Å². The second-order valence-electron chi connectivity index (χ2n) is 7.60. The Kier molecular flexibility index (Phi) is 5.99. The summed E-state index contributed by atoms with van der Waals surface area (Å²) in [7, 11) is 0. The summed E-state index contributed by atoms with van der Waals surface area (Å²) in [5.41, 5.74) is 1.08. The third-order valence-electron chi connectivity index (χ3n) is 5.15. The molecule has 0 aliphatic carbocycles.